The molecule has 0 bridgehead atoms. The van der Waals surface area contributed by atoms with E-state index in [4.69, 9.17) is 11.6 Å². The predicted octanol–water partition coefficient (Wildman–Crippen LogP) is 2.02. The minimum atomic E-state index is -0.808. The molecular formula is C13H24ClN3O. The molecule has 1 aromatic rings. The average Bonchev–Trinajstić information content (AvgIpc) is 2.63. The summed E-state index contributed by atoms with van der Waals surface area (Å²) in [5.41, 5.74) is 1.03. The highest BCUT2D eigenvalue weighted by Gasteiger charge is 2.25. The zero-order valence-electron chi connectivity index (χ0n) is 11.8. The minimum absolute atomic E-state index is 0.514. The van der Waals surface area contributed by atoms with E-state index in [0.29, 0.717) is 18.0 Å². The molecule has 18 heavy (non-hydrogen) atoms. The second-order valence-electron chi connectivity index (χ2n) is 4.83. The van der Waals surface area contributed by atoms with Crippen molar-refractivity contribution in [3.8, 4) is 0 Å². The average molecular weight is 274 g/mol. The number of aryl methyl sites for hydroxylation is 2. The van der Waals surface area contributed by atoms with E-state index in [1.807, 2.05) is 32.4 Å². The van der Waals surface area contributed by atoms with Gasteiger partial charge in [0, 0.05) is 19.5 Å². The fourth-order valence-electron chi connectivity index (χ4n) is 2.00. The molecule has 0 aliphatic rings. The molecule has 1 aromatic heterocycles. The Morgan fingerprint density at radius 2 is 2.06 bits per heavy atom. The van der Waals surface area contributed by atoms with Gasteiger partial charge in [0.15, 0.2) is 0 Å². The van der Waals surface area contributed by atoms with Crippen LogP contribution in [0.15, 0.2) is 0 Å². The van der Waals surface area contributed by atoms with E-state index >= 15 is 0 Å². The summed E-state index contributed by atoms with van der Waals surface area (Å²) in [4.78, 5) is 0. The van der Waals surface area contributed by atoms with Crippen LogP contribution in [0.3, 0.4) is 0 Å². The van der Waals surface area contributed by atoms with Crippen LogP contribution in [0.5, 0.6) is 0 Å². The van der Waals surface area contributed by atoms with E-state index in [0.717, 1.165) is 30.9 Å². The van der Waals surface area contributed by atoms with Crippen molar-refractivity contribution in [3.63, 3.8) is 0 Å². The van der Waals surface area contributed by atoms with Gasteiger partial charge in [0.25, 0.3) is 0 Å². The molecule has 0 saturated carbocycles. The van der Waals surface area contributed by atoms with Crippen LogP contribution in [0.2, 0.25) is 5.02 Å². The summed E-state index contributed by atoms with van der Waals surface area (Å²) in [5.74, 6) is 0. The molecule has 0 radical (unpaired) electrons. The molecule has 104 valence electrons. The quantitative estimate of drug-likeness (QED) is 0.799. The largest absolute Gasteiger partial charge is 0.388 e. The Bertz CT molecular complexity index is 388. The lowest BCUT2D eigenvalue weighted by molar-refractivity contribution is 0.0586. The number of hydrogen-bond donors (Lipinski definition) is 2. The second kappa shape index (κ2) is 6.55. The minimum Gasteiger partial charge on any atom is -0.388 e. The molecule has 0 aromatic carbocycles. The Morgan fingerprint density at radius 1 is 1.39 bits per heavy atom. The maximum absolute atomic E-state index is 10.4. The second-order valence-corrected chi connectivity index (χ2v) is 5.21. The van der Waals surface area contributed by atoms with Crippen molar-refractivity contribution in [2.45, 2.75) is 52.7 Å². The Balaban J connectivity index is 2.91. The Morgan fingerprint density at radius 3 is 2.56 bits per heavy atom. The fraction of sp³-hybridized carbons (Fsp3) is 0.769. The van der Waals surface area contributed by atoms with Crippen molar-refractivity contribution in [2.75, 3.05) is 13.1 Å². The van der Waals surface area contributed by atoms with Gasteiger partial charge in [0.05, 0.1) is 22.0 Å². The molecule has 0 aliphatic carbocycles. The molecule has 0 saturated heterocycles. The molecule has 0 aliphatic heterocycles. The van der Waals surface area contributed by atoms with E-state index in [1.165, 1.54) is 0 Å². The lowest BCUT2D eigenvalue weighted by Gasteiger charge is -2.24. The summed E-state index contributed by atoms with van der Waals surface area (Å²) in [6.07, 6.45) is 1.33. The zero-order valence-corrected chi connectivity index (χ0v) is 12.5. The highest BCUT2D eigenvalue weighted by molar-refractivity contribution is 6.31. The van der Waals surface area contributed by atoms with E-state index in [1.54, 1.807) is 0 Å². The summed E-state index contributed by atoms with van der Waals surface area (Å²) in [7, 11) is 0. The van der Waals surface area contributed by atoms with Crippen LogP contribution < -0.4 is 5.32 Å². The predicted molar refractivity (Wildman–Crippen MR) is 75.2 cm³/mol. The summed E-state index contributed by atoms with van der Waals surface area (Å²) in [6, 6.07) is 0. The van der Waals surface area contributed by atoms with Crippen LogP contribution >= 0.6 is 11.6 Å². The lowest BCUT2D eigenvalue weighted by atomic mass is 9.99. The van der Waals surface area contributed by atoms with Crippen molar-refractivity contribution in [3.05, 3.63) is 16.4 Å². The number of aliphatic hydroxyl groups is 1. The number of rotatable bonds is 7. The smallest absolute Gasteiger partial charge is 0.0850 e. The summed E-state index contributed by atoms with van der Waals surface area (Å²) >= 11 is 6.33. The van der Waals surface area contributed by atoms with E-state index < -0.39 is 5.60 Å². The van der Waals surface area contributed by atoms with Crippen molar-refractivity contribution < 1.29 is 5.11 Å². The van der Waals surface area contributed by atoms with Gasteiger partial charge in [-0.2, -0.15) is 5.10 Å². The van der Waals surface area contributed by atoms with Gasteiger partial charge in [0.2, 0.25) is 0 Å². The van der Waals surface area contributed by atoms with Gasteiger partial charge in [-0.1, -0.05) is 25.4 Å². The SMILES string of the molecule is CCNCC(C)(O)Cc1c(Cl)c(CC)nn1CC. The molecule has 1 atom stereocenters. The number of nitrogens with zero attached hydrogens (tertiary/aromatic N) is 2. The first-order valence-corrected chi connectivity index (χ1v) is 7.00. The molecule has 1 heterocycles. The van der Waals surface area contributed by atoms with E-state index in [2.05, 4.69) is 10.4 Å². The third-order valence-electron chi connectivity index (χ3n) is 3.00. The number of nitrogens with one attached hydrogen (secondary N) is 1. The van der Waals surface area contributed by atoms with Crippen LogP contribution in [0, 0.1) is 0 Å². The summed E-state index contributed by atoms with van der Waals surface area (Å²) in [6.45, 7) is 10.1. The summed E-state index contributed by atoms with van der Waals surface area (Å²) < 4.78 is 1.89. The van der Waals surface area contributed by atoms with Crippen LogP contribution in [-0.4, -0.2) is 33.6 Å². The number of likely N-dealkylation sites (N-methyl/N-ethyl adjacent to an activating group) is 1. The van der Waals surface area contributed by atoms with Gasteiger partial charge in [-0.15, -0.1) is 0 Å². The Hall–Kier alpha value is -0.580. The van der Waals surface area contributed by atoms with Gasteiger partial charge >= 0.3 is 0 Å². The number of halogens is 1. The van der Waals surface area contributed by atoms with Gasteiger partial charge < -0.3 is 10.4 Å². The van der Waals surface area contributed by atoms with Crippen LogP contribution in [-0.2, 0) is 19.4 Å². The van der Waals surface area contributed by atoms with Crippen LogP contribution in [0.25, 0.3) is 0 Å². The first-order valence-electron chi connectivity index (χ1n) is 6.62. The fourth-order valence-corrected chi connectivity index (χ4v) is 2.34. The topological polar surface area (TPSA) is 50.1 Å². The number of hydrogen-bond acceptors (Lipinski definition) is 3. The molecule has 0 spiro atoms. The standard InChI is InChI=1S/C13H24ClN3O/c1-5-10-12(14)11(17(7-3)16-10)8-13(4,18)9-15-6-2/h15,18H,5-9H2,1-4H3. The molecule has 1 unspecified atom stereocenters. The van der Waals surface area contributed by atoms with Crippen molar-refractivity contribution in [1.82, 2.24) is 15.1 Å². The van der Waals surface area contributed by atoms with Crippen molar-refractivity contribution in [1.29, 1.82) is 0 Å². The molecule has 4 nitrogen and oxygen atoms in total. The van der Waals surface area contributed by atoms with Gasteiger partial charge in [-0.25, -0.2) is 0 Å². The van der Waals surface area contributed by atoms with Gasteiger partial charge in [-0.05, 0) is 26.8 Å². The molecule has 2 N–H and O–H groups in total. The Kier molecular flexibility index (Phi) is 5.63. The molecule has 0 fully saturated rings. The lowest BCUT2D eigenvalue weighted by Crippen LogP contribution is -2.40. The molecular weight excluding hydrogens is 250 g/mol. The van der Waals surface area contributed by atoms with Crippen LogP contribution in [0.4, 0.5) is 0 Å². The van der Waals surface area contributed by atoms with Gasteiger partial charge in [-0.3, -0.25) is 4.68 Å². The van der Waals surface area contributed by atoms with E-state index in [9.17, 15) is 5.11 Å². The third-order valence-corrected chi connectivity index (χ3v) is 3.43. The molecule has 5 heteroatoms. The van der Waals surface area contributed by atoms with Crippen molar-refractivity contribution in [2.24, 2.45) is 0 Å². The Labute approximate surface area is 114 Å². The van der Waals surface area contributed by atoms with Crippen molar-refractivity contribution >= 4 is 11.6 Å². The maximum atomic E-state index is 10.4. The first kappa shape index (κ1) is 15.5. The highest BCUT2D eigenvalue weighted by Crippen LogP contribution is 2.25. The van der Waals surface area contributed by atoms with E-state index in [-0.39, 0.29) is 0 Å². The first-order chi connectivity index (χ1) is 8.45. The maximum Gasteiger partial charge on any atom is 0.0850 e. The molecule has 0 amide bonds. The summed E-state index contributed by atoms with van der Waals surface area (Å²) in [5, 5.41) is 18.7. The van der Waals surface area contributed by atoms with Crippen LogP contribution in [0.1, 0.15) is 39.1 Å². The number of aromatic nitrogens is 2. The third kappa shape index (κ3) is 3.70. The zero-order chi connectivity index (χ0) is 13.8. The van der Waals surface area contributed by atoms with Gasteiger partial charge in [0.1, 0.15) is 0 Å². The highest BCUT2D eigenvalue weighted by atomic mass is 35.5. The normalized spacial score (nSPS) is 14.8. The molecule has 1 rings (SSSR count). The monoisotopic (exact) mass is 273 g/mol.